The Labute approximate surface area is 145 Å². The van der Waals surface area contributed by atoms with E-state index in [4.69, 9.17) is 0 Å². The van der Waals surface area contributed by atoms with E-state index in [0.717, 1.165) is 33.7 Å². The highest BCUT2D eigenvalue weighted by atomic mass is 32.1. The summed E-state index contributed by atoms with van der Waals surface area (Å²) in [7, 11) is 0. The van der Waals surface area contributed by atoms with Gasteiger partial charge in [-0.2, -0.15) is 5.10 Å². The zero-order chi connectivity index (χ0) is 16.5. The first kappa shape index (κ1) is 15.3. The van der Waals surface area contributed by atoms with Crippen LogP contribution in [0.15, 0.2) is 35.7 Å². The Morgan fingerprint density at radius 3 is 2.75 bits per heavy atom. The van der Waals surface area contributed by atoms with Crippen molar-refractivity contribution < 1.29 is 0 Å². The number of hydrazone groups is 1. The molecule has 1 aromatic carbocycles. The molecule has 1 aliphatic carbocycles. The minimum atomic E-state index is 0.825. The Balaban J connectivity index is 1.68. The van der Waals surface area contributed by atoms with Crippen LogP contribution in [-0.4, -0.2) is 15.7 Å². The SMILES string of the molecule is C/C(=N/Nc1ncnc2sc3c(c12)CCCC3)c1ccc(C)cc1. The molecule has 0 aliphatic heterocycles. The van der Waals surface area contributed by atoms with E-state index in [1.54, 1.807) is 17.7 Å². The smallest absolute Gasteiger partial charge is 0.158 e. The number of thiophene rings is 1. The topological polar surface area (TPSA) is 50.2 Å². The van der Waals surface area contributed by atoms with Gasteiger partial charge in [-0.25, -0.2) is 9.97 Å². The molecule has 0 saturated carbocycles. The zero-order valence-corrected chi connectivity index (χ0v) is 14.8. The molecule has 0 fully saturated rings. The van der Waals surface area contributed by atoms with Crippen LogP contribution in [-0.2, 0) is 12.8 Å². The van der Waals surface area contributed by atoms with Gasteiger partial charge < -0.3 is 0 Å². The van der Waals surface area contributed by atoms with Gasteiger partial charge in [-0.1, -0.05) is 29.8 Å². The van der Waals surface area contributed by atoms with Crippen LogP contribution in [0.3, 0.4) is 0 Å². The van der Waals surface area contributed by atoms with Crippen LogP contribution >= 0.6 is 11.3 Å². The molecule has 4 rings (SSSR count). The molecule has 1 N–H and O–H groups in total. The van der Waals surface area contributed by atoms with E-state index in [9.17, 15) is 0 Å². The molecule has 24 heavy (non-hydrogen) atoms. The van der Waals surface area contributed by atoms with Gasteiger partial charge in [0.2, 0.25) is 0 Å². The highest BCUT2D eigenvalue weighted by Crippen LogP contribution is 2.38. The van der Waals surface area contributed by atoms with E-state index in [-0.39, 0.29) is 0 Å². The van der Waals surface area contributed by atoms with Crippen LogP contribution in [0, 0.1) is 6.92 Å². The predicted octanol–water partition coefficient (Wildman–Crippen LogP) is 4.71. The lowest BCUT2D eigenvalue weighted by atomic mass is 9.97. The number of fused-ring (bicyclic) bond motifs is 3. The molecule has 4 nitrogen and oxygen atoms in total. The maximum absolute atomic E-state index is 4.55. The number of hydrogen-bond donors (Lipinski definition) is 1. The summed E-state index contributed by atoms with van der Waals surface area (Å²) in [5.74, 6) is 0.825. The average Bonchev–Trinajstić information content (AvgIpc) is 2.99. The molecule has 1 aliphatic rings. The van der Waals surface area contributed by atoms with Crippen molar-refractivity contribution in [2.24, 2.45) is 5.10 Å². The third-order valence-corrected chi connectivity index (χ3v) is 5.75. The van der Waals surface area contributed by atoms with Gasteiger partial charge in [0, 0.05) is 4.88 Å². The van der Waals surface area contributed by atoms with Gasteiger partial charge in [0.25, 0.3) is 0 Å². The van der Waals surface area contributed by atoms with E-state index in [2.05, 4.69) is 51.7 Å². The number of nitrogens with zero attached hydrogens (tertiary/aromatic N) is 3. The lowest BCUT2D eigenvalue weighted by molar-refractivity contribution is 0.700. The summed E-state index contributed by atoms with van der Waals surface area (Å²) in [6, 6.07) is 8.40. The molecule has 0 spiro atoms. The minimum absolute atomic E-state index is 0.825. The normalized spacial score (nSPS) is 14.7. The van der Waals surface area contributed by atoms with E-state index >= 15 is 0 Å². The Kier molecular flexibility index (Phi) is 4.02. The second kappa shape index (κ2) is 6.32. The number of nitrogens with one attached hydrogen (secondary N) is 1. The lowest BCUT2D eigenvalue weighted by Gasteiger charge is -2.11. The number of aromatic nitrogens is 2. The maximum Gasteiger partial charge on any atom is 0.158 e. The summed E-state index contributed by atoms with van der Waals surface area (Å²) >= 11 is 1.81. The molecule has 5 heteroatoms. The standard InChI is InChI=1S/C19H20N4S/c1-12-7-9-14(10-8-12)13(2)22-23-18-17-15-5-3-4-6-16(15)24-19(17)21-11-20-18/h7-11H,3-6H2,1-2H3,(H,20,21,23)/b22-13-. The fourth-order valence-electron chi connectivity index (χ4n) is 3.17. The highest BCUT2D eigenvalue weighted by Gasteiger charge is 2.19. The summed E-state index contributed by atoms with van der Waals surface area (Å²) in [4.78, 5) is 11.4. The molecule has 2 heterocycles. The first-order chi connectivity index (χ1) is 11.7. The second-order valence-corrected chi connectivity index (χ2v) is 7.37. The van der Waals surface area contributed by atoms with Crippen molar-refractivity contribution in [1.82, 2.24) is 9.97 Å². The molecule has 0 amide bonds. The molecule has 122 valence electrons. The van der Waals surface area contributed by atoms with Gasteiger partial charge in [0.15, 0.2) is 5.82 Å². The Morgan fingerprint density at radius 1 is 1.12 bits per heavy atom. The van der Waals surface area contributed by atoms with Crippen LogP contribution in [0.25, 0.3) is 10.2 Å². The van der Waals surface area contributed by atoms with Crippen molar-refractivity contribution in [2.45, 2.75) is 39.5 Å². The van der Waals surface area contributed by atoms with Crippen molar-refractivity contribution in [3.05, 3.63) is 52.2 Å². The molecule has 2 aromatic heterocycles. The van der Waals surface area contributed by atoms with Crippen molar-refractivity contribution in [2.75, 3.05) is 5.43 Å². The summed E-state index contributed by atoms with van der Waals surface area (Å²) in [6.45, 7) is 4.10. The van der Waals surface area contributed by atoms with Crippen LogP contribution in [0.5, 0.6) is 0 Å². The highest BCUT2D eigenvalue weighted by molar-refractivity contribution is 7.19. The predicted molar refractivity (Wildman–Crippen MR) is 101 cm³/mol. The molecule has 0 radical (unpaired) electrons. The first-order valence-corrected chi connectivity index (χ1v) is 9.16. The van der Waals surface area contributed by atoms with Gasteiger partial charge in [-0.3, -0.25) is 5.43 Å². The molecule has 3 aromatic rings. The van der Waals surface area contributed by atoms with Crippen LogP contribution in [0.4, 0.5) is 5.82 Å². The minimum Gasteiger partial charge on any atom is -0.260 e. The van der Waals surface area contributed by atoms with E-state index in [1.807, 2.05) is 6.92 Å². The van der Waals surface area contributed by atoms with Crippen LogP contribution in [0.2, 0.25) is 0 Å². The Hall–Kier alpha value is -2.27. The van der Waals surface area contributed by atoms with E-state index in [1.165, 1.54) is 35.3 Å². The fourth-order valence-corrected chi connectivity index (χ4v) is 4.40. The lowest BCUT2D eigenvalue weighted by Crippen LogP contribution is -2.03. The van der Waals surface area contributed by atoms with Gasteiger partial charge >= 0.3 is 0 Å². The van der Waals surface area contributed by atoms with Crippen molar-refractivity contribution in [1.29, 1.82) is 0 Å². The molecule has 0 saturated heterocycles. The summed E-state index contributed by atoms with van der Waals surface area (Å²) in [6.07, 6.45) is 6.45. The Bertz CT molecular complexity index is 909. The molecule has 0 bridgehead atoms. The molecular formula is C19H20N4S. The van der Waals surface area contributed by atoms with E-state index < -0.39 is 0 Å². The molecular weight excluding hydrogens is 316 g/mol. The summed E-state index contributed by atoms with van der Waals surface area (Å²) < 4.78 is 0. The second-order valence-electron chi connectivity index (χ2n) is 6.29. The quantitative estimate of drug-likeness (QED) is 0.556. The summed E-state index contributed by atoms with van der Waals surface area (Å²) in [5, 5.41) is 5.72. The van der Waals surface area contributed by atoms with Crippen molar-refractivity contribution >= 4 is 33.1 Å². The van der Waals surface area contributed by atoms with Crippen molar-refractivity contribution in [3.8, 4) is 0 Å². The number of rotatable bonds is 3. The third kappa shape index (κ3) is 2.80. The van der Waals surface area contributed by atoms with Crippen LogP contribution < -0.4 is 5.43 Å². The third-order valence-electron chi connectivity index (χ3n) is 4.55. The first-order valence-electron chi connectivity index (χ1n) is 8.35. The van der Waals surface area contributed by atoms with E-state index in [0.29, 0.717) is 0 Å². The van der Waals surface area contributed by atoms with Gasteiger partial charge in [0.1, 0.15) is 11.2 Å². The fraction of sp³-hybridized carbons (Fsp3) is 0.316. The van der Waals surface area contributed by atoms with Gasteiger partial charge in [-0.05, 0) is 50.7 Å². The van der Waals surface area contributed by atoms with Gasteiger partial charge in [-0.15, -0.1) is 11.3 Å². The zero-order valence-electron chi connectivity index (χ0n) is 14.0. The molecule has 0 unspecified atom stereocenters. The number of hydrogen-bond acceptors (Lipinski definition) is 5. The average molecular weight is 336 g/mol. The monoisotopic (exact) mass is 336 g/mol. The number of anilines is 1. The largest absolute Gasteiger partial charge is 0.260 e. The molecule has 0 atom stereocenters. The van der Waals surface area contributed by atoms with Crippen molar-refractivity contribution in [3.63, 3.8) is 0 Å². The summed E-state index contributed by atoms with van der Waals surface area (Å²) in [5.41, 5.74) is 7.92. The van der Waals surface area contributed by atoms with Crippen LogP contribution in [0.1, 0.15) is 41.3 Å². The number of benzene rings is 1. The maximum atomic E-state index is 4.55. The Morgan fingerprint density at radius 2 is 1.92 bits per heavy atom. The van der Waals surface area contributed by atoms with Gasteiger partial charge in [0.05, 0.1) is 11.1 Å². The number of aryl methyl sites for hydroxylation is 3.